The third kappa shape index (κ3) is 5.72. The molecule has 5 aromatic rings. The van der Waals surface area contributed by atoms with Gasteiger partial charge in [-0.05, 0) is 61.8 Å². The predicted molar refractivity (Wildman–Crippen MR) is 177 cm³/mol. The first-order valence-electron chi connectivity index (χ1n) is 15.3. The van der Waals surface area contributed by atoms with Crippen LogP contribution in [0.25, 0.3) is 31.6 Å². The molecule has 10 nitrogen and oxygen atoms in total. The number of nitrogens with zero attached hydrogens (tertiary/aromatic N) is 3. The smallest absolute Gasteiger partial charge is 0.407 e. The van der Waals surface area contributed by atoms with Crippen molar-refractivity contribution in [2.45, 2.75) is 57.7 Å². The quantitative estimate of drug-likeness (QED) is 0.166. The summed E-state index contributed by atoms with van der Waals surface area (Å²) in [4.78, 5) is 43.6. The lowest BCUT2D eigenvalue weighted by Crippen LogP contribution is -2.51. The number of hydrogen-bond acceptors (Lipinski definition) is 8. The zero-order valence-corrected chi connectivity index (χ0v) is 27.0. The van der Waals surface area contributed by atoms with Gasteiger partial charge >= 0.3 is 6.09 Å². The van der Waals surface area contributed by atoms with Gasteiger partial charge in [0.05, 0.1) is 51.4 Å². The Morgan fingerprint density at radius 2 is 1.96 bits per heavy atom. The minimum Gasteiger partial charge on any atom is -0.453 e. The van der Waals surface area contributed by atoms with Crippen molar-refractivity contribution < 1.29 is 14.3 Å². The molecule has 0 radical (unpaired) electrons. The number of rotatable bonds is 6. The summed E-state index contributed by atoms with van der Waals surface area (Å²) in [6, 6.07) is 5.73. The Bertz CT molecular complexity index is 1930. The molecule has 0 aliphatic carbocycles. The van der Waals surface area contributed by atoms with Crippen molar-refractivity contribution in [1.82, 2.24) is 35.5 Å². The van der Waals surface area contributed by atoms with E-state index in [1.54, 1.807) is 22.7 Å². The summed E-state index contributed by atoms with van der Waals surface area (Å²) in [5.74, 6) is 8.16. The standard InChI is InChI=1S/C33H35N7O3S2/c1-18(2)27(39-33(42)43-3)32(41)40-13-5-7-26(40)31-37-23-11-9-19(14-25(23)38-31)22-17-45-28-20(16-44-29(22)28)8-10-21-15-35-30(36-21)24-6-4-12-34-24/h9,11,14-18,24,26-27,34H,4-7,12-13H2,1-3H3,(H,35,36)(H,37,38)(H,39,42)/t24-,26-,27-/m0/s1. The fourth-order valence-corrected chi connectivity index (χ4v) is 8.60. The Morgan fingerprint density at radius 3 is 2.76 bits per heavy atom. The monoisotopic (exact) mass is 641 g/mol. The van der Waals surface area contributed by atoms with Crippen molar-refractivity contribution in [3.63, 3.8) is 0 Å². The van der Waals surface area contributed by atoms with E-state index in [-0.39, 0.29) is 17.9 Å². The number of benzene rings is 1. The number of H-pyrrole nitrogens is 2. The van der Waals surface area contributed by atoms with Crippen LogP contribution in [0.5, 0.6) is 0 Å². The first kappa shape index (κ1) is 29.5. The van der Waals surface area contributed by atoms with E-state index in [0.717, 1.165) is 65.3 Å². The number of carbonyl (C=O) groups is 2. The number of aromatic nitrogens is 4. The average molecular weight is 642 g/mol. The largest absolute Gasteiger partial charge is 0.453 e. The third-order valence-electron chi connectivity index (χ3n) is 8.66. The number of ether oxygens (including phenoxy) is 1. The van der Waals surface area contributed by atoms with Crippen molar-refractivity contribution in [3.05, 3.63) is 58.1 Å². The van der Waals surface area contributed by atoms with Crippen LogP contribution in [0.4, 0.5) is 4.79 Å². The summed E-state index contributed by atoms with van der Waals surface area (Å²) in [5, 5.41) is 10.5. The van der Waals surface area contributed by atoms with Crippen molar-refractivity contribution in [1.29, 1.82) is 0 Å². The third-order valence-corrected chi connectivity index (χ3v) is 10.8. The van der Waals surface area contributed by atoms with Crippen LogP contribution < -0.4 is 10.6 Å². The Kier molecular flexibility index (Phi) is 8.08. The fraction of sp³-hybridized carbons (Fsp3) is 0.394. The lowest BCUT2D eigenvalue weighted by atomic mass is 10.0. The molecule has 45 heavy (non-hydrogen) atoms. The molecule has 0 unspecified atom stereocenters. The molecule has 1 aromatic carbocycles. The van der Waals surface area contributed by atoms with Gasteiger partial charge in [-0.3, -0.25) is 4.79 Å². The number of methoxy groups -OCH3 is 1. The molecule has 6 heterocycles. The summed E-state index contributed by atoms with van der Waals surface area (Å²) >= 11 is 3.42. The summed E-state index contributed by atoms with van der Waals surface area (Å²) in [6.07, 6.45) is 5.17. The lowest BCUT2D eigenvalue weighted by Gasteiger charge is -2.29. The molecule has 2 saturated heterocycles. The van der Waals surface area contributed by atoms with Crippen molar-refractivity contribution >= 4 is 55.1 Å². The molecule has 4 N–H and O–H groups in total. The summed E-state index contributed by atoms with van der Waals surface area (Å²) in [6.45, 7) is 5.49. The van der Waals surface area contributed by atoms with E-state index in [1.807, 2.05) is 31.0 Å². The predicted octanol–water partition coefficient (Wildman–Crippen LogP) is 6.10. The van der Waals surface area contributed by atoms with E-state index in [2.05, 4.69) is 60.3 Å². The molecular formula is C33H35N7O3S2. The van der Waals surface area contributed by atoms with Gasteiger partial charge < -0.3 is 30.2 Å². The highest BCUT2D eigenvalue weighted by atomic mass is 32.1. The first-order valence-corrected chi connectivity index (χ1v) is 17.1. The van der Waals surface area contributed by atoms with E-state index in [4.69, 9.17) is 9.72 Å². The van der Waals surface area contributed by atoms with E-state index >= 15 is 0 Å². The molecule has 4 aromatic heterocycles. The second-order valence-electron chi connectivity index (χ2n) is 11.9. The van der Waals surface area contributed by atoms with Crippen LogP contribution in [0, 0.1) is 17.8 Å². The number of likely N-dealkylation sites (tertiary alicyclic amines) is 1. The number of nitrogens with one attached hydrogen (secondary N) is 4. The number of amides is 2. The van der Waals surface area contributed by atoms with Crippen molar-refractivity contribution in [2.24, 2.45) is 5.92 Å². The molecule has 2 aliphatic heterocycles. The molecule has 12 heteroatoms. The molecule has 2 amide bonds. The van der Waals surface area contributed by atoms with Gasteiger partial charge in [-0.1, -0.05) is 25.8 Å². The van der Waals surface area contributed by atoms with Crippen LogP contribution in [-0.2, 0) is 9.53 Å². The van der Waals surface area contributed by atoms with Gasteiger partial charge in [0, 0.05) is 22.9 Å². The molecule has 0 saturated carbocycles. The SMILES string of the molecule is COC(=O)N[C@H](C(=O)N1CCC[C@H]1c1nc2ccc(-c3csc4c(C#Cc5cnc([C@@H]6CCCN6)[nH]5)csc34)cc2[nH]1)C(C)C. The second-order valence-corrected chi connectivity index (χ2v) is 13.7. The van der Waals surface area contributed by atoms with E-state index < -0.39 is 12.1 Å². The molecule has 0 bridgehead atoms. The van der Waals surface area contributed by atoms with Crippen molar-refractivity contribution in [3.8, 4) is 23.0 Å². The Balaban J connectivity index is 1.12. The molecule has 2 aliphatic rings. The maximum Gasteiger partial charge on any atom is 0.407 e. The fourth-order valence-electron chi connectivity index (χ4n) is 6.28. The summed E-state index contributed by atoms with van der Waals surface area (Å²) < 4.78 is 7.16. The minimum absolute atomic E-state index is 0.0836. The van der Waals surface area contributed by atoms with Crippen LogP contribution in [0.2, 0.25) is 0 Å². The summed E-state index contributed by atoms with van der Waals surface area (Å²) in [5.41, 5.74) is 5.92. The Labute approximate surface area is 269 Å². The van der Waals surface area contributed by atoms with Gasteiger partial charge in [0.15, 0.2) is 0 Å². The molecule has 2 fully saturated rings. The molecule has 3 atom stereocenters. The highest BCUT2D eigenvalue weighted by Gasteiger charge is 2.37. The van der Waals surface area contributed by atoms with Gasteiger partial charge in [-0.15, -0.1) is 22.7 Å². The highest BCUT2D eigenvalue weighted by molar-refractivity contribution is 7.27. The normalized spacial score (nSPS) is 18.9. The topological polar surface area (TPSA) is 128 Å². The maximum atomic E-state index is 13.6. The maximum absolute atomic E-state index is 13.6. The molecule has 232 valence electrons. The van der Waals surface area contributed by atoms with Crippen LogP contribution in [0.3, 0.4) is 0 Å². The number of thiophene rings is 2. The van der Waals surface area contributed by atoms with Crippen LogP contribution in [0.15, 0.2) is 35.2 Å². The first-order chi connectivity index (χ1) is 21.9. The number of fused-ring (bicyclic) bond motifs is 2. The van der Waals surface area contributed by atoms with E-state index in [1.165, 1.54) is 28.5 Å². The van der Waals surface area contributed by atoms with E-state index in [0.29, 0.717) is 12.6 Å². The van der Waals surface area contributed by atoms with Crippen LogP contribution >= 0.6 is 22.7 Å². The van der Waals surface area contributed by atoms with Gasteiger partial charge in [-0.2, -0.15) is 0 Å². The van der Waals surface area contributed by atoms with Gasteiger partial charge in [0.25, 0.3) is 0 Å². The highest BCUT2D eigenvalue weighted by Crippen LogP contribution is 2.41. The zero-order valence-electron chi connectivity index (χ0n) is 25.4. The van der Waals surface area contributed by atoms with Crippen LogP contribution in [-0.4, -0.2) is 63.1 Å². The average Bonchev–Trinajstić information content (AvgIpc) is 3.87. The summed E-state index contributed by atoms with van der Waals surface area (Å²) in [7, 11) is 1.30. The van der Waals surface area contributed by atoms with Gasteiger partial charge in [0.2, 0.25) is 5.91 Å². The second kappa shape index (κ2) is 12.3. The number of aromatic amines is 2. The Hall–Kier alpha value is -4.18. The minimum atomic E-state index is -0.665. The van der Waals surface area contributed by atoms with Gasteiger partial charge in [0.1, 0.15) is 23.4 Å². The number of carbonyl (C=O) groups excluding carboxylic acids is 2. The lowest BCUT2D eigenvalue weighted by molar-refractivity contribution is -0.135. The molecule has 0 spiro atoms. The molecule has 7 rings (SSSR count). The van der Waals surface area contributed by atoms with Gasteiger partial charge in [-0.25, -0.2) is 14.8 Å². The number of alkyl carbamates (subject to hydrolysis) is 1. The Morgan fingerprint density at radius 1 is 1.09 bits per heavy atom. The van der Waals surface area contributed by atoms with E-state index in [9.17, 15) is 9.59 Å². The zero-order chi connectivity index (χ0) is 31.1. The van der Waals surface area contributed by atoms with Crippen molar-refractivity contribution in [2.75, 3.05) is 20.2 Å². The van der Waals surface area contributed by atoms with Crippen LogP contribution in [0.1, 0.15) is 74.5 Å². The number of imidazole rings is 2. The number of hydrogen-bond donors (Lipinski definition) is 4. The molecular weight excluding hydrogens is 607 g/mol.